The summed E-state index contributed by atoms with van der Waals surface area (Å²) in [6.07, 6.45) is 2.19. The van der Waals surface area contributed by atoms with Crippen molar-refractivity contribution in [2.45, 2.75) is 39.3 Å². The fraction of sp³-hybridized carbons (Fsp3) is 0.281. The number of methoxy groups -OCH3 is 1. The third-order valence-corrected chi connectivity index (χ3v) is 7.88. The molecule has 1 fully saturated rings. The molecule has 2 unspecified atom stereocenters. The van der Waals surface area contributed by atoms with Crippen LogP contribution < -0.4 is 25.2 Å². The van der Waals surface area contributed by atoms with E-state index in [2.05, 4.69) is 69.2 Å². The first kappa shape index (κ1) is 28.2. The van der Waals surface area contributed by atoms with Crippen LogP contribution >= 0.6 is 12.2 Å². The van der Waals surface area contributed by atoms with E-state index in [0.717, 1.165) is 39.7 Å². The zero-order valence-electron chi connectivity index (χ0n) is 24.3. The molecule has 2 aromatic heterocycles. The predicted octanol–water partition coefficient (Wildman–Crippen LogP) is 6.09. The second-order valence-electron chi connectivity index (χ2n) is 10.4. The smallest absolute Gasteiger partial charge is 0.224 e. The van der Waals surface area contributed by atoms with Crippen molar-refractivity contribution in [1.29, 1.82) is 0 Å². The molecular formula is C32H36N6O2S. The number of carbonyl (C=O) groups is 1. The largest absolute Gasteiger partial charge is 0.494 e. The average molecular weight is 569 g/mol. The average Bonchev–Trinajstić information content (AvgIpc) is 3.48. The number of carbonyl (C=O) groups excluding carboxylic acids is 1. The molecule has 3 heterocycles. The highest BCUT2D eigenvalue weighted by molar-refractivity contribution is 7.80. The molecule has 1 aliphatic heterocycles. The zero-order valence-corrected chi connectivity index (χ0v) is 25.1. The standard InChI is InChI=1S/C32H36N6O2S/c1-7-29(39)34-26-16-15-24(19-28(26)40-6)38-31(30(35-32(38)41)27-10-8-9-17-33-27)25-18-20(2)37(21(25)3)23-13-11-22(12-14-23)36(4)5/h8-19,30-31H,7H2,1-6H3,(H,34,39)(H,35,41). The Balaban J connectivity index is 1.62. The molecule has 0 radical (unpaired) electrons. The summed E-state index contributed by atoms with van der Waals surface area (Å²) in [5.74, 6) is 0.493. The van der Waals surface area contributed by atoms with Gasteiger partial charge in [-0.25, -0.2) is 0 Å². The van der Waals surface area contributed by atoms with Gasteiger partial charge in [-0.05, 0) is 86.2 Å². The SMILES string of the molecule is CCC(=O)Nc1ccc(N2C(=S)NC(c3ccccn3)C2c2cc(C)n(-c3ccc(N(C)C)cc3)c2C)cc1OC. The van der Waals surface area contributed by atoms with Crippen molar-refractivity contribution in [2.24, 2.45) is 0 Å². The van der Waals surface area contributed by atoms with E-state index in [9.17, 15) is 4.79 Å². The van der Waals surface area contributed by atoms with E-state index in [4.69, 9.17) is 21.9 Å². The van der Waals surface area contributed by atoms with Crippen molar-refractivity contribution < 1.29 is 9.53 Å². The van der Waals surface area contributed by atoms with Crippen LogP contribution in [0.25, 0.3) is 5.69 Å². The number of ether oxygens (including phenoxy) is 1. The van der Waals surface area contributed by atoms with E-state index in [1.807, 2.05) is 63.6 Å². The lowest BCUT2D eigenvalue weighted by Gasteiger charge is -2.29. The number of thiocarbonyl (C=S) groups is 1. The molecule has 212 valence electrons. The number of nitrogens with one attached hydrogen (secondary N) is 2. The highest BCUT2D eigenvalue weighted by Crippen LogP contribution is 2.45. The molecule has 1 amide bonds. The molecule has 2 aromatic carbocycles. The quantitative estimate of drug-likeness (QED) is 0.249. The van der Waals surface area contributed by atoms with Crippen LogP contribution in [0.1, 0.15) is 48.1 Å². The molecule has 0 spiro atoms. The fourth-order valence-corrected chi connectivity index (χ4v) is 5.85. The van der Waals surface area contributed by atoms with Crippen molar-refractivity contribution in [3.8, 4) is 11.4 Å². The minimum absolute atomic E-state index is 0.0754. The van der Waals surface area contributed by atoms with Gasteiger partial charge in [0.05, 0.1) is 30.6 Å². The molecule has 0 saturated carbocycles. The first-order valence-corrected chi connectivity index (χ1v) is 14.1. The minimum Gasteiger partial charge on any atom is -0.494 e. The van der Waals surface area contributed by atoms with Crippen LogP contribution in [-0.4, -0.2) is 41.8 Å². The lowest BCUT2D eigenvalue weighted by molar-refractivity contribution is -0.115. The molecule has 1 aliphatic rings. The summed E-state index contributed by atoms with van der Waals surface area (Å²) in [4.78, 5) is 21.0. The Labute approximate surface area is 247 Å². The normalized spacial score (nSPS) is 16.4. The van der Waals surface area contributed by atoms with Crippen molar-refractivity contribution >= 4 is 40.3 Å². The number of rotatable bonds is 8. The van der Waals surface area contributed by atoms with E-state index >= 15 is 0 Å². The van der Waals surface area contributed by atoms with Crippen molar-refractivity contribution in [1.82, 2.24) is 14.9 Å². The van der Waals surface area contributed by atoms with Crippen LogP contribution in [-0.2, 0) is 4.79 Å². The Morgan fingerprint density at radius 3 is 2.44 bits per heavy atom. The van der Waals surface area contributed by atoms with E-state index in [1.165, 1.54) is 0 Å². The van der Waals surface area contributed by atoms with E-state index in [1.54, 1.807) is 7.11 Å². The van der Waals surface area contributed by atoms with Crippen LogP contribution in [0.5, 0.6) is 5.75 Å². The Kier molecular flexibility index (Phi) is 7.99. The number of hydrogen-bond acceptors (Lipinski definition) is 5. The van der Waals surface area contributed by atoms with Gasteiger partial charge in [0.25, 0.3) is 0 Å². The lowest BCUT2D eigenvalue weighted by atomic mass is 9.96. The van der Waals surface area contributed by atoms with Gasteiger partial charge >= 0.3 is 0 Å². The molecule has 0 bridgehead atoms. The first-order chi connectivity index (χ1) is 19.7. The van der Waals surface area contributed by atoms with Gasteiger partial charge in [-0.2, -0.15) is 0 Å². The third kappa shape index (κ3) is 5.37. The highest BCUT2D eigenvalue weighted by atomic mass is 32.1. The van der Waals surface area contributed by atoms with Gasteiger partial charge in [-0.1, -0.05) is 13.0 Å². The molecule has 9 heteroatoms. The number of pyridine rings is 1. The second kappa shape index (κ2) is 11.6. The molecule has 5 rings (SSSR count). The summed E-state index contributed by atoms with van der Waals surface area (Å²) in [6, 6.07) is 22.1. The molecule has 2 N–H and O–H groups in total. The molecular weight excluding hydrogens is 532 g/mol. The van der Waals surface area contributed by atoms with Gasteiger partial charge in [0.1, 0.15) is 5.75 Å². The van der Waals surface area contributed by atoms with Gasteiger partial charge in [0.2, 0.25) is 5.91 Å². The number of nitrogens with zero attached hydrogens (tertiary/aromatic N) is 4. The van der Waals surface area contributed by atoms with Crippen LogP contribution in [0.2, 0.25) is 0 Å². The minimum atomic E-state index is -0.181. The number of anilines is 3. The van der Waals surface area contributed by atoms with Gasteiger partial charge in [-0.15, -0.1) is 0 Å². The number of aromatic nitrogens is 2. The van der Waals surface area contributed by atoms with Gasteiger partial charge < -0.3 is 29.7 Å². The van der Waals surface area contributed by atoms with Crippen molar-refractivity contribution in [3.05, 3.63) is 95.6 Å². The number of amides is 1. The van der Waals surface area contributed by atoms with Crippen LogP contribution in [0.3, 0.4) is 0 Å². The second-order valence-corrected chi connectivity index (χ2v) is 10.7. The van der Waals surface area contributed by atoms with Gasteiger partial charge in [-0.3, -0.25) is 9.78 Å². The summed E-state index contributed by atoms with van der Waals surface area (Å²) in [6.45, 7) is 6.10. The lowest BCUT2D eigenvalue weighted by Crippen LogP contribution is -2.29. The van der Waals surface area contributed by atoms with Crippen LogP contribution in [0.4, 0.5) is 17.1 Å². The number of aryl methyl sites for hydroxylation is 1. The molecule has 1 saturated heterocycles. The predicted molar refractivity (Wildman–Crippen MR) is 169 cm³/mol. The molecule has 0 aliphatic carbocycles. The van der Waals surface area contributed by atoms with Crippen molar-refractivity contribution in [3.63, 3.8) is 0 Å². The van der Waals surface area contributed by atoms with Crippen molar-refractivity contribution in [2.75, 3.05) is 36.3 Å². The van der Waals surface area contributed by atoms with Crippen LogP contribution in [0.15, 0.2) is 72.9 Å². The summed E-state index contributed by atoms with van der Waals surface area (Å²) >= 11 is 5.96. The highest BCUT2D eigenvalue weighted by Gasteiger charge is 2.42. The maximum Gasteiger partial charge on any atom is 0.224 e. The number of hydrogen-bond donors (Lipinski definition) is 2. The summed E-state index contributed by atoms with van der Waals surface area (Å²) < 4.78 is 7.97. The Morgan fingerprint density at radius 1 is 1.07 bits per heavy atom. The Morgan fingerprint density at radius 2 is 1.80 bits per heavy atom. The first-order valence-electron chi connectivity index (χ1n) is 13.7. The van der Waals surface area contributed by atoms with Gasteiger partial charge in [0, 0.05) is 61.2 Å². The topological polar surface area (TPSA) is 74.7 Å². The fourth-order valence-electron chi connectivity index (χ4n) is 5.50. The summed E-state index contributed by atoms with van der Waals surface area (Å²) in [5, 5.41) is 7.06. The maximum absolute atomic E-state index is 12.1. The Bertz CT molecular complexity index is 1570. The zero-order chi connectivity index (χ0) is 29.3. The molecule has 4 aromatic rings. The van der Waals surface area contributed by atoms with Gasteiger partial charge in [0.15, 0.2) is 5.11 Å². The monoisotopic (exact) mass is 568 g/mol. The number of benzene rings is 2. The van der Waals surface area contributed by atoms with E-state index in [0.29, 0.717) is 23.0 Å². The molecule has 2 atom stereocenters. The molecule has 41 heavy (non-hydrogen) atoms. The summed E-state index contributed by atoms with van der Waals surface area (Å²) in [7, 11) is 5.69. The molecule has 8 nitrogen and oxygen atoms in total. The third-order valence-electron chi connectivity index (χ3n) is 7.57. The maximum atomic E-state index is 12.1. The Hall–Kier alpha value is -4.37. The van der Waals surface area contributed by atoms with E-state index < -0.39 is 0 Å². The van der Waals surface area contributed by atoms with E-state index in [-0.39, 0.29) is 18.0 Å². The van der Waals surface area contributed by atoms with Crippen LogP contribution in [0, 0.1) is 13.8 Å². The summed E-state index contributed by atoms with van der Waals surface area (Å²) in [5.41, 5.74) is 8.03.